The van der Waals surface area contributed by atoms with Crippen LogP contribution in [0.1, 0.15) is 130 Å². The Morgan fingerprint density at radius 3 is 1.40 bits per heavy atom. The van der Waals surface area contributed by atoms with E-state index in [0.717, 1.165) is 51.4 Å². The zero-order valence-corrected chi connectivity index (χ0v) is 25.5. The Labute approximate surface area is 232 Å². The average molecular weight is 526 g/mol. The predicted molar refractivity (Wildman–Crippen MR) is 146 cm³/mol. The van der Waals surface area contributed by atoms with E-state index in [4.69, 9.17) is 0 Å². The minimum Gasteiger partial charge on any atom is -0.251 e. The molecular weight excluding hydrogens is 470 g/mol. The van der Waals surface area contributed by atoms with E-state index < -0.39 is 0 Å². The van der Waals surface area contributed by atoms with E-state index in [1.54, 1.807) is 0 Å². The second kappa shape index (κ2) is 18.9. The van der Waals surface area contributed by atoms with E-state index in [1.807, 2.05) is 0 Å². The quantitative estimate of drug-likeness (QED) is 0.0902. The predicted octanol–water partition coefficient (Wildman–Crippen LogP) is 10.5. The summed E-state index contributed by atoms with van der Waals surface area (Å²) in [4.78, 5) is 0. The van der Waals surface area contributed by atoms with Gasteiger partial charge >= 0.3 is 0 Å². The van der Waals surface area contributed by atoms with Crippen molar-refractivity contribution in [3.05, 3.63) is 35.4 Å². The first-order chi connectivity index (χ1) is 16.3. The third kappa shape index (κ3) is 11.8. The Hall–Kier alpha value is -0.206. The first-order valence-electron chi connectivity index (χ1n) is 14.4. The van der Waals surface area contributed by atoms with Crippen LogP contribution in [0.4, 0.5) is 8.78 Å². The number of rotatable bonds is 20. The molecule has 0 fully saturated rings. The molecule has 0 N–H and O–H groups in total. The fourth-order valence-electron chi connectivity index (χ4n) is 5.62. The Morgan fingerprint density at radius 1 is 0.686 bits per heavy atom. The molecule has 0 saturated carbocycles. The van der Waals surface area contributed by atoms with Gasteiger partial charge in [-0.2, -0.15) is 35.4 Å². The van der Waals surface area contributed by atoms with Gasteiger partial charge in [0, 0.05) is 21.7 Å². The van der Waals surface area contributed by atoms with Crippen molar-refractivity contribution in [2.75, 3.05) is 13.3 Å². The molecule has 1 aromatic carbocycles. The van der Waals surface area contributed by atoms with Crippen molar-refractivity contribution in [2.45, 2.75) is 131 Å². The smallest absolute Gasteiger partial charge is 0.0927 e. The van der Waals surface area contributed by atoms with E-state index in [9.17, 15) is 8.78 Å². The van der Waals surface area contributed by atoms with Crippen LogP contribution in [0.5, 0.6) is 0 Å². The van der Waals surface area contributed by atoms with Gasteiger partial charge in [0.15, 0.2) is 0 Å². The van der Waals surface area contributed by atoms with Crippen molar-refractivity contribution in [3.8, 4) is 0 Å². The third-order valence-electron chi connectivity index (χ3n) is 8.88. The maximum absolute atomic E-state index is 14.1. The molecule has 0 aliphatic heterocycles. The maximum Gasteiger partial charge on any atom is 0.0927 e. The normalized spacial score (nSPS) is 16.7. The van der Waals surface area contributed by atoms with Gasteiger partial charge in [-0.15, -0.1) is 0 Å². The molecular formula is C32H55F2Ti-. The molecule has 0 amide bonds. The Bertz CT molecular complexity index is 597. The Balaban J connectivity index is 0.0000116. The zero-order valence-electron chi connectivity index (χ0n) is 24.0. The summed E-state index contributed by atoms with van der Waals surface area (Å²) >= 11 is 0. The molecule has 35 heavy (non-hydrogen) atoms. The number of benzene rings is 1. The van der Waals surface area contributed by atoms with Crippen LogP contribution in [-0.4, -0.2) is 13.3 Å². The minimum atomic E-state index is -0.236. The van der Waals surface area contributed by atoms with Crippen molar-refractivity contribution in [3.63, 3.8) is 0 Å². The molecule has 0 nitrogen and oxygen atoms in total. The molecule has 4 atom stereocenters. The van der Waals surface area contributed by atoms with E-state index in [2.05, 4.69) is 65.8 Å². The molecule has 1 rings (SSSR count). The van der Waals surface area contributed by atoms with Crippen molar-refractivity contribution in [2.24, 2.45) is 22.7 Å². The van der Waals surface area contributed by atoms with Gasteiger partial charge in [-0.25, -0.2) is 0 Å². The average Bonchev–Trinajstić information content (AvgIpc) is 2.84. The summed E-state index contributed by atoms with van der Waals surface area (Å²) in [7, 11) is 0. The Kier molecular flexibility index (Phi) is 18.8. The second-order valence-electron chi connectivity index (χ2n) is 11.5. The molecule has 0 bridgehead atoms. The molecule has 4 unspecified atom stereocenters. The second-order valence-corrected chi connectivity index (χ2v) is 11.5. The molecule has 0 aliphatic rings. The van der Waals surface area contributed by atoms with E-state index in [1.165, 1.54) is 49.7 Å². The molecule has 202 valence electrons. The van der Waals surface area contributed by atoms with Crippen LogP contribution < -0.4 is 0 Å². The molecule has 0 spiro atoms. The fraction of sp³-hybridized carbons (Fsp3) is 0.812. The minimum absolute atomic E-state index is 0. The number of hydrogen-bond acceptors (Lipinski definition) is 0. The summed E-state index contributed by atoms with van der Waals surface area (Å²) in [6, 6.07) is 10.1. The third-order valence-corrected chi connectivity index (χ3v) is 8.88. The van der Waals surface area contributed by atoms with Crippen LogP contribution in [0.2, 0.25) is 0 Å². The van der Waals surface area contributed by atoms with Crippen molar-refractivity contribution >= 4 is 0 Å². The van der Waals surface area contributed by atoms with Crippen LogP contribution in [-0.2, 0) is 34.6 Å². The van der Waals surface area contributed by atoms with Crippen molar-refractivity contribution < 1.29 is 30.5 Å². The van der Waals surface area contributed by atoms with E-state index in [0.29, 0.717) is 0 Å². The van der Waals surface area contributed by atoms with Crippen LogP contribution in [0, 0.1) is 28.7 Å². The first kappa shape index (κ1) is 34.8. The van der Waals surface area contributed by atoms with Crippen molar-refractivity contribution in [1.82, 2.24) is 0 Å². The summed E-state index contributed by atoms with van der Waals surface area (Å²) in [5.41, 5.74) is 2.27. The van der Waals surface area contributed by atoms with Gasteiger partial charge in [0.25, 0.3) is 0 Å². The molecule has 0 radical (unpaired) electrons. The molecule has 1 aromatic rings. The van der Waals surface area contributed by atoms with Crippen LogP contribution in [0.25, 0.3) is 0 Å². The summed E-state index contributed by atoms with van der Waals surface area (Å²) in [5, 5.41) is 0. The molecule has 3 heteroatoms. The standard InChI is InChI=1S/C32H55F2.Ti/c1-7-11-13-15-20-29(25-33)31(5,9-3)23-27-18-17-19-28(22-27)24-32(6,10-4)30(26-34)21-16-14-12-8-2;/h17-19,29-30H,7-16,20-21,23-26H2,1-6H3;/q-1;. The zero-order chi connectivity index (χ0) is 25.5. The van der Waals surface area contributed by atoms with Crippen molar-refractivity contribution in [1.29, 1.82) is 0 Å². The van der Waals surface area contributed by atoms with Crippen LogP contribution in [0.3, 0.4) is 0 Å². The van der Waals surface area contributed by atoms with Crippen LogP contribution in [0.15, 0.2) is 18.2 Å². The van der Waals surface area contributed by atoms with Gasteiger partial charge in [-0.3, -0.25) is 8.78 Å². The molecule has 0 heterocycles. The number of hydrogen-bond donors (Lipinski definition) is 0. The van der Waals surface area contributed by atoms with Gasteiger partial charge < -0.3 is 0 Å². The molecule has 0 aliphatic carbocycles. The van der Waals surface area contributed by atoms with E-state index >= 15 is 0 Å². The monoisotopic (exact) mass is 525 g/mol. The summed E-state index contributed by atoms with van der Waals surface area (Å²) in [6.07, 6.45) is 15.2. The number of halogens is 2. The van der Waals surface area contributed by atoms with Gasteiger partial charge in [-0.05, 0) is 48.3 Å². The number of alkyl halides is 2. The van der Waals surface area contributed by atoms with E-state index in [-0.39, 0.29) is 57.7 Å². The largest absolute Gasteiger partial charge is 0.251 e. The Morgan fingerprint density at radius 2 is 1.09 bits per heavy atom. The maximum atomic E-state index is 14.1. The van der Waals surface area contributed by atoms with Gasteiger partial charge in [-0.1, -0.05) is 106 Å². The fourth-order valence-corrected chi connectivity index (χ4v) is 5.62. The summed E-state index contributed by atoms with van der Waals surface area (Å²) < 4.78 is 28.3. The topological polar surface area (TPSA) is 0 Å². The first-order valence-corrected chi connectivity index (χ1v) is 14.4. The van der Waals surface area contributed by atoms with Gasteiger partial charge in [0.2, 0.25) is 0 Å². The molecule has 0 saturated heterocycles. The van der Waals surface area contributed by atoms with Gasteiger partial charge in [0.1, 0.15) is 0 Å². The number of unbranched alkanes of at least 4 members (excludes halogenated alkanes) is 6. The van der Waals surface area contributed by atoms with Crippen LogP contribution >= 0.6 is 0 Å². The summed E-state index contributed by atoms with van der Waals surface area (Å²) in [6.45, 7) is 12.9. The SMILES string of the molecule is CCCCCCC(CF)C(C)(CC)Cc1[c-]c(CC(C)(CC)C(CF)CCCCCC)ccc1.[Ti]. The van der Waals surface area contributed by atoms with Gasteiger partial charge in [0.05, 0.1) is 13.3 Å². The molecule has 0 aromatic heterocycles. The summed E-state index contributed by atoms with van der Waals surface area (Å²) in [5.74, 6) is 0.206.